The van der Waals surface area contributed by atoms with Gasteiger partial charge in [-0.1, -0.05) is 49.6 Å². The van der Waals surface area contributed by atoms with Crippen LogP contribution in [0.25, 0.3) is 22.2 Å². The zero-order valence-corrected chi connectivity index (χ0v) is 22.7. The molecule has 1 aromatic heterocycles. The molecule has 1 fully saturated rings. The van der Waals surface area contributed by atoms with Crippen molar-refractivity contribution in [1.29, 1.82) is 0 Å². The minimum absolute atomic E-state index is 0.0804. The van der Waals surface area contributed by atoms with Gasteiger partial charge in [-0.15, -0.1) is 0 Å². The largest absolute Gasteiger partial charge is 0.508 e. The number of carboxylic acid groups (broad SMARTS) is 1. The van der Waals surface area contributed by atoms with Gasteiger partial charge in [-0.05, 0) is 73.2 Å². The number of hydrogen-bond acceptors (Lipinski definition) is 4. The highest BCUT2D eigenvalue weighted by Crippen LogP contribution is 2.47. The Hall–Kier alpha value is -4.26. The van der Waals surface area contributed by atoms with Crippen LogP contribution in [-0.2, 0) is 17.8 Å². The van der Waals surface area contributed by atoms with Crippen LogP contribution in [0.3, 0.4) is 0 Å². The Bertz CT molecular complexity index is 1580. The Morgan fingerprint density at radius 2 is 1.77 bits per heavy atom. The molecule has 2 aliphatic rings. The smallest absolute Gasteiger partial charge is 0.329 e. The van der Waals surface area contributed by atoms with Gasteiger partial charge in [0.1, 0.15) is 23.6 Å². The predicted molar refractivity (Wildman–Crippen MR) is 154 cm³/mol. The lowest BCUT2D eigenvalue weighted by atomic mass is 9.81. The number of rotatable bonds is 6. The van der Waals surface area contributed by atoms with E-state index in [-0.39, 0.29) is 12.2 Å². The van der Waals surface area contributed by atoms with E-state index in [4.69, 9.17) is 4.74 Å². The molecule has 3 N–H and O–H groups in total. The quantitative estimate of drug-likeness (QED) is 0.269. The Balaban J connectivity index is 1.41. The first-order chi connectivity index (χ1) is 19.3. The Morgan fingerprint density at radius 1 is 1.02 bits per heavy atom. The number of carboxylic acids is 1. The third-order valence-electron chi connectivity index (χ3n) is 8.45. The number of benzene rings is 3. The number of amides is 1. The van der Waals surface area contributed by atoms with Crippen molar-refractivity contribution >= 4 is 22.8 Å². The van der Waals surface area contributed by atoms with Gasteiger partial charge in [0, 0.05) is 28.5 Å². The van der Waals surface area contributed by atoms with Crippen LogP contribution in [0, 0.1) is 0 Å². The lowest BCUT2D eigenvalue weighted by Gasteiger charge is -2.26. The Kier molecular flexibility index (Phi) is 6.74. The molecule has 0 spiro atoms. The van der Waals surface area contributed by atoms with E-state index < -0.39 is 17.4 Å². The number of hydrogen-bond donors (Lipinski definition) is 3. The first-order valence-corrected chi connectivity index (χ1v) is 14.1. The van der Waals surface area contributed by atoms with E-state index in [9.17, 15) is 19.8 Å². The van der Waals surface area contributed by atoms with Gasteiger partial charge in [-0.2, -0.15) is 0 Å². The van der Waals surface area contributed by atoms with E-state index in [2.05, 4.69) is 16.0 Å². The van der Waals surface area contributed by atoms with Crippen LogP contribution >= 0.6 is 0 Å². The summed E-state index contributed by atoms with van der Waals surface area (Å²) in [6.07, 6.45) is 6.06. The number of aliphatic carboxylic acids is 1. The zero-order chi connectivity index (χ0) is 27.9. The number of fused-ring (bicyclic) bond motifs is 5. The number of nitrogens with one attached hydrogen (secondary N) is 1. The van der Waals surface area contributed by atoms with Gasteiger partial charge in [0.25, 0.3) is 5.91 Å². The summed E-state index contributed by atoms with van der Waals surface area (Å²) in [4.78, 5) is 25.9. The summed E-state index contributed by atoms with van der Waals surface area (Å²) in [5, 5.41) is 23.6. The number of para-hydroxylation sites is 1. The molecule has 40 heavy (non-hydrogen) atoms. The molecule has 7 heteroatoms. The van der Waals surface area contributed by atoms with Crippen LogP contribution in [0.4, 0.5) is 0 Å². The van der Waals surface area contributed by atoms with Gasteiger partial charge in [0.2, 0.25) is 0 Å². The Labute approximate surface area is 233 Å². The molecule has 0 radical (unpaired) electrons. The summed E-state index contributed by atoms with van der Waals surface area (Å²) >= 11 is 0. The number of carbonyl (C=O) groups is 2. The van der Waals surface area contributed by atoms with Crippen molar-refractivity contribution in [3.8, 4) is 22.8 Å². The standard InChI is InChI=1S/C33H34N2O5/c1-33(32(38)39,20-21-11-14-24(36)15-12-21)34-31(37)23-13-16-25-27(19-23)35-17-18-40-28-10-6-5-9-26(28)30(35)29(25)22-7-3-2-4-8-22/h5-6,9-16,19,22,36H,2-4,7-8,17-18,20H2,1H3,(H,34,37)(H,38,39)/t33-/m0/s1. The van der Waals surface area contributed by atoms with Crippen molar-refractivity contribution in [2.45, 2.75) is 63.5 Å². The fourth-order valence-electron chi connectivity index (χ4n) is 6.40. The molecule has 6 rings (SSSR count). The van der Waals surface area contributed by atoms with Crippen molar-refractivity contribution in [1.82, 2.24) is 9.88 Å². The van der Waals surface area contributed by atoms with Crippen LogP contribution in [-0.4, -0.2) is 38.8 Å². The van der Waals surface area contributed by atoms with E-state index in [1.54, 1.807) is 12.1 Å². The topological polar surface area (TPSA) is 101 Å². The van der Waals surface area contributed by atoms with Crippen molar-refractivity contribution in [3.63, 3.8) is 0 Å². The normalized spacial score (nSPS) is 16.7. The highest BCUT2D eigenvalue weighted by Gasteiger charge is 2.36. The summed E-state index contributed by atoms with van der Waals surface area (Å²) < 4.78 is 8.42. The molecule has 2 heterocycles. The minimum atomic E-state index is -1.53. The molecule has 1 amide bonds. The average molecular weight is 539 g/mol. The maximum atomic E-state index is 13.5. The first kappa shape index (κ1) is 26.0. The van der Waals surface area contributed by atoms with Crippen molar-refractivity contribution in [2.75, 3.05) is 6.61 Å². The Morgan fingerprint density at radius 3 is 2.52 bits per heavy atom. The summed E-state index contributed by atoms with van der Waals surface area (Å²) in [6.45, 7) is 2.70. The number of phenols is 1. The van der Waals surface area contributed by atoms with Crippen LogP contribution in [0.5, 0.6) is 11.5 Å². The number of aromatic hydroxyl groups is 1. The third kappa shape index (κ3) is 4.70. The summed E-state index contributed by atoms with van der Waals surface area (Å²) in [6, 6.07) is 20.3. The first-order valence-electron chi connectivity index (χ1n) is 14.1. The molecule has 3 aromatic carbocycles. The molecule has 1 atom stereocenters. The monoisotopic (exact) mass is 538 g/mol. The van der Waals surface area contributed by atoms with Gasteiger partial charge >= 0.3 is 5.97 Å². The molecule has 0 saturated heterocycles. The van der Waals surface area contributed by atoms with Gasteiger partial charge in [-0.25, -0.2) is 4.79 Å². The second-order valence-electron chi connectivity index (χ2n) is 11.3. The number of aromatic nitrogens is 1. The van der Waals surface area contributed by atoms with Gasteiger partial charge < -0.3 is 24.8 Å². The lowest BCUT2D eigenvalue weighted by molar-refractivity contribution is -0.143. The molecular weight excluding hydrogens is 504 g/mol. The molecule has 7 nitrogen and oxygen atoms in total. The van der Waals surface area contributed by atoms with Gasteiger partial charge in [0.15, 0.2) is 0 Å². The van der Waals surface area contributed by atoms with Crippen LogP contribution in [0.2, 0.25) is 0 Å². The molecule has 4 aromatic rings. The number of ether oxygens (including phenoxy) is 1. The fourth-order valence-corrected chi connectivity index (χ4v) is 6.40. The molecule has 1 aliphatic heterocycles. The maximum absolute atomic E-state index is 13.5. The summed E-state index contributed by atoms with van der Waals surface area (Å²) in [5.74, 6) is -0.139. The van der Waals surface area contributed by atoms with E-state index >= 15 is 0 Å². The zero-order valence-electron chi connectivity index (χ0n) is 22.7. The van der Waals surface area contributed by atoms with E-state index in [1.807, 2.05) is 36.4 Å². The van der Waals surface area contributed by atoms with E-state index in [1.165, 1.54) is 49.6 Å². The van der Waals surface area contributed by atoms with Crippen LogP contribution in [0.15, 0.2) is 66.7 Å². The second-order valence-corrected chi connectivity index (χ2v) is 11.3. The van der Waals surface area contributed by atoms with Crippen LogP contribution in [0.1, 0.15) is 66.4 Å². The lowest BCUT2D eigenvalue weighted by Crippen LogP contribution is -2.53. The summed E-state index contributed by atoms with van der Waals surface area (Å²) in [7, 11) is 0. The van der Waals surface area contributed by atoms with Crippen molar-refractivity contribution < 1.29 is 24.5 Å². The third-order valence-corrected chi connectivity index (χ3v) is 8.45. The molecule has 1 aliphatic carbocycles. The predicted octanol–water partition coefficient (Wildman–Crippen LogP) is 6.27. The van der Waals surface area contributed by atoms with E-state index in [0.717, 1.165) is 35.1 Å². The highest BCUT2D eigenvalue weighted by atomic mass is 16.5. The van der Waals surface area contributed by atoms with Crippen LogP contribution < -0.4 is 10.1 Å². The fraction of sp³-hybridized carbons (Fsp3) is 0.333. The van der Waals surface area contributed by atoms with Gasteiger partial charge in [-0.3, -0.25) is 4.79 Å². The average Bonchev–Trinajstić information content (AvgIpc) is 3.15. The molecule has 0 unspecified atom stereocenters. The highest BCUT2D eigenvalue weighted by molar-refractivity contribution is 6.02. The molecule has 0 bridgehead atoms. The number of nitrogens with zero attached hydrogens (tertiary/aromatic N) is 1. The number of phenolic OH excluding ortho intramolecular Hbond substituents is 1. The maximum Gasteiger partial charge on any atom is 0.329 e. The molecule has 206 valence electrons. The molecule has 1 saturated carbocycles. The minimum Gasteiger partial charge on any atom is -0.508 e. The molecular formula is C33H34N2O5. The van der Waals surface area contributed by atoms with Crippen molar-refractivity contribution in [3.05, 3.63) is 83.4 Å². The number of carbonyl (C=O) groups excluding carboxylic acids is 1. The second kappa shape index (κ2) is 10.4. The van der Waals surface area contributed by atoms with E-state index in [0.29, 0.717) is 30.2 Å². The van der Waals surface area contributed by atoms with Gasteiger partial charge in [0.05, 0.1) is 12.2 Å². The van der Waals surface area contributed by atoms with Crippen molar-refractivity contribution in [2.24, 2.45) is 0 Å². The summed E-state index contributed by atoms with van der Waals surface area (Å²) in [5.41, 5.74) is 4.15. The SMILES string of the molecule is C[C@@](Cc1ccc(O)cc1)(NC(=O)c1ccc2c(C3CCCCC3)c3n(c2c1)CCOc1ccccc1-3)C(=O)O.